The third-order valence-corrected chi connectivity index (χ3v) is 5.70. The Kier molecular flexibility index (Phi) is 4.30. The predicted molar refractivity (Wildman–Crippen MR) is 111 cm³/mol. The van der Waals surface area contributed by atoms with Crippen LogP contribution in [0.1, 0.15) is 0 Å². The van der Waals surface area contributed by atoms with Crippen LogP contribution in [0.2, 0.25) is 0 Å². The van der Waals surface area contributed by atoms with Crippen LogP contribution in [0, 0.1) is 0 Å². The van der Waals surface area contributed by atoms with E-state index in [0.29, 0.717) is 21.7 Å². The van der Waals surface area contributed by atoms with Crippen molar-refractivity contribution in [1.82, 2.24) is 4.90 Å². The molecule has 130 valence electrons. The van der Waals surface area contributed by atoms with Crippen molar-refractivity contribution in [3.63, 3.8) is 0 Å². The van der Waals surface area contributed by atoms with Gasteiger partial charge in [0.1, 0.15) is 4.32 Å². The Hall–Kier alpha value is -2.57. The summed E-state index contributed by atoms with van der Waals surface area (Å²) in [7, 11) is 1.96. The number of anilines is 1. The summed E-state index contributed by atoms with van der Waals surface area (Å²) in [5.41, 5.74) is 1.03. The highest BCUT2D eigenvalue weighted by atomic mass is 32.2. The zero-order valence-electron chi connectivity index (χ0n) is 14.1. The zero-order valence-corrected chi connectivity index (χ0v) is 15.8. The molecule has 0 unspecified atom stereocenters. The molecule has 6 heteroatoms. The van der Waals surface area contributed by atoms with Crippen molar-refractivity contribution in [2.24, 2.45) is 0 Å². The van der Waals surface area contributed by atoms with Gasteiger partial charge in [-0.25, -0.2) is 0 Å². The smallest absolute Gasteiger partial charge is 0.266 e. The summed E-state index contributed by atoms with van der Waals surface area (Å²) in [4.78, 5) is 16.5. The largest absolute Gasteiger partial charge is 0.439 e. The lowest BCUT2D eigenvalue weighted by molar-refractivity contribution is -0.121. The standard InChI is InChI=1S/C20H16N2O2S2/c1-3-12-22-19(23)16(26-20(22)25)10-11-17-21(2)18-14-7-5-4-6-13(14)8-9-15(18)24-17/h3-11H,1,12H2,2H3/b16-10+,17-11-. The van der Waals surface area contributed by atoms with Gasteiger partial charge in [-0.3, -0.25) is 9.69 Å². The Balaban J connectivity index is 1.65. The van der Waals surface area contributed by atoms with Gasteiger partial charge in [-0.1, -0.05) is 60.4 Å². The fraction of sp³-hybridized carbons (Fsp3) is 0.100. The normalized spacial score (nSPS) is 19.6. The van der Waals surface area contributed by atoms with Crippen LogP contribution in [0.3, 0.4) is 0 Å². The Labute approximate surface area is 161 Å². The van der Waals surface area contributed by atoms with Gasteiger partial charge in [0.25, 0.3) is 5.91 Å². The van der Waals surface area contributed by atoms with Crippen molar-refractivity contribution in [2.45, 2.75) is 0 Å². The Morgan fingerprint density at radius 3 is 2.85 bits per heavy atom. The van der Waals surface area contributed by atoms with Gasteiger partial charge < -0.3 is 9.64 Å². The first-order valence-electron chi connectivity index (χ1n) is 8.10. The maximum atomic E-state index is 12.4. The maximum Gasteiger partial charge on any atom is 0.266 e. The molecule has 4 rings (SSSR count). The average Bonchev–Trinajstić information content (AvgIpc) is 3.11. The van der Waals surface area contributed by atoms with E-state index in [4.69, 9.17) is 17.0 Å². The molecule has 0 aliphatic carbocycles. The van der Waals surface area contributed by atoms with Crippen LogP contribution >= 0.6 is 24.0 Å². The molecule has 4 nitrogen and oxygen atoms in total. The number of thioether (sulfide) groups is 1. The van der Waals surface area contributed by atoms with Gasteiger partial charge in [0.15, 0.2) is 11.6 Å². The Bertz CT molecular complexity index is 1010. The number of benzene rings is 2. The van der Waals surface area contributed by atoms with Gasteiger partial charge in [0.2, 0.25) is 0 Å². The van der Waals surface area contributed by atoms with Gasteiger partial charge in [-0.05, 0) is 17.5 Å². The fourth-order valence-corrected chi connectivity index (χ4v) is 4.26. The number of thiocarbonyl (C=S) groups is 1. The molecule has 0 bridgehead atoms. The van der Waals surface area contributed by atoms with Crippen LogP contribution < -0.4 is 9.64 Å². The van der Waals surface area contributed by atoms with Crippen LogP contribution in [-0.4, -0.2) is 28.7 Å². The first kappa shape index (κ1) is 16.9. The number of nitrogens with zero attached hydrogens (tertiary/aromatic N) is 2. The lowest BCUT2D eigenvalue weighted by Gasteiger charge is -2.12. The molecular formula is C20H16N2O2S2. The molecule has 1 saturated heterocycles. The molecule has 2 aromatic carbocycles. The molecule has 0 radical (unpaired) electrons. The molecule has 2 heterocycles. The summed E-state index contributed by atoms with van der Waals surface area (Å²) in [6, 6.07) is 12.2. The van der Waals surface area contributed by atoms with Crippen LogP contribution in [0.15, 0.2) is 72.0 Å². The second kappa shape index (κ2) is 6.63. The zero-order chi connectivity index (χ0) is 18.3. The van der Waals surface area contributed by atoms with Gasteiger partial charge in [-0.15, -0.1) is 6.58 Å². The highest BCUT2D eigenvalue weighted by Crippen LogP contribution is 2.43. The summed E-state index contributed by atoms with van der Waals surface area (Å²) >= 11 is 6.55. The first-order valence-corrected chi connectivity index (χ1v) is 9.32. The number of rotatable bonds is 3. The molecule has 0 spiro atoms. The van der Waals surface area contributed by atoms with Gasteiger partial charge in [0.05, 0.1) is 10.6 Å². The van der Waals surface area contributed by atoms with E-state index in [1.54, 1.807) is 17.1 Å². The van der Waals surface area contributed by atoms with Crippen molar-refractivity contribution >= 4 is 50.7 Å². The van der Waals surface area contributed by atoms with Crippen LogP contribution in [0.25, 0.3) is 10.8 Å². The number of ether oxygens (including phenoxy) is 1. The SMILES string of the molecule is C=CCN1C(=O)/C(=C\C=C2/Oc3ccc4ccccc4c3N2C)SC1=S. The summed E-state index contributed by atoms with van der Waals surface area (Å²) in [6.45, 7) is 4.09. The predicted octanol–water partition coefficient (Wildman–Crippen LogP) is 4.44. The van der Waals surface area contributed by atoms with Crippen molar-refractivity contribution < 1.29 is 9.53 Å². The molecular weight excluding hydrogens is 364 g/mol. The minimum absolute atomic E-state index is 0.0969. The van der Waals surface area contributed by atoms with Crippen LogP contribution in [0.5, 0.6) is 5.75 Å². The van der Waals surface area contributed by atoms with Gasteiger partial charge >= 0.3 is 0 Å². The van der Waals surface area contributed by atoms with E-state index in [2.05, 4.69) is 18.7 Å². The third kappa shape index (κ3) is 2.71. The number of hydrogen-bond donors (Lipinski definition) is 0. The molecule has 0 atom stereocenters. The monoisotopic (exact) mass is 380 g/mol. The molecule has 1 amide bonds. The maximum absolute atomic E-state index is 12.4. The molecule has 1 fully saturated rings. The molecule has 2 aliphatic rings. The number of fused-ring (bicyclic) bond motifs is 3. The summed E-state index contributed by atoms with van der Waals surface area (Å²) < 4.78 is 6.53. The topological polar surface area (TPSA) is 32.8 Å². The molecule has 0 N–H and O–H groups in total. The number of carbonyl (C=O) groups is 1. The van der Waals surface area contributed by atoms with E-state index in [0.717, 1.165) is 22.2 Å². The van der Waals surface area contributed by atoms with E-state index in [-0.39, 0.29) is 5.91 Å². The minimum atomic E-state index is -0.0969. The Morgan fingerprint density at radius 1 is 1.23 bits per heavy atom. The lowest BCUT2D eigenvalue weighted by Crippen LogP contribution is -2.27. The van der Waals surface area contributed by atoms with Crippen molar-refractivity contribution in [3.05, 3.63) is 72.0 Å². The minimum Gasteiger partial charge on any atom is -0.439 e. The third-order valence-electron chi connectivity index (χ3n) is 4.31. The average molecular weight is 380 g/mol. The fourth-order valence-electron chi connectivity index (χ4n) is 3.05. The number of carbonyl (C=O) groups excluding carboxylic acids is 1. The first-order chi connectivity index (χ1) is 12.6. The second-order valence-corrected chi connectivity index (χ2v) is 7.58. The van der Waals surface area contributed by atoms with Crippen molar-refractivity contribution in [1.29, 1.82) is 0 Å². The van der Waals surface area contributed by atoms with E-state index in [9.17, 15) is 4.79 Å². The van der Waals surface area contributed by atoms with Crippen molar-refractivity contribution in [3.8, 4) is 5.75 Å². The summed E-state index contributed by atoms with van der Waals surface area (Å²) in [6.07, 6.45) is 5.25. The number of hydrogen-bond acceptors (Lipinski definition) is 5. The van der Waals surface area contributed by atoms with Gasteiger partial charge in [0, 0.05) is 25.1 Å². The quantitative estimate of drug-likeness (QED) is 0.447. The highest BCUT2D eigenvalue weighted by molar-refractivity contribution is 8.26. The van der Waals surface area contributed by atoms with Crippen LogP contribution in [-0.2, 0) is 4.79 Å². The van der Waals surface area contributed by atoms with Crippen molar-refractivity contribution in [2.75, 3.05) is 18.5 Å². The summed E-state index contributed by atoms with van der Waals surface area (Å²) in [5.74, 6) is 1.38. The van der Waals surface area contributed by atoms with E-state index in [1.165, 1.54) is 11.8 Å². The Morgan fingerprint density at radius 2 is 2.04 bits per heavy atom. The van der Waals surface area contributed by atoms with E-state index in [1.807, 2.05) is 42.3 Å². The highest BCUT2D eigenvalue weighted by Gasteiger charge is 2.31. The molecule has 0 aromatic heterocycles. The molecule has 2 aliphatic heterocycles. The molecule has 0 saturated carbocycles. The second-order valence-electron chi connectivity index (χ2n) is 5.90. The molecule has 26 heavy (non-hydrogen) atoms. The van der Waals surface area contributed by atoms with Gasteiger partial charge in [-0.2, -0.15) is 0 Å². The summed E-state index contributed by atoms with van der Waals surface area (Å²) in [5, 5.41) is 2.29. The van der Waals surface area contributed by atoms with E-state index >= 15 is 0 Å². The number of allylic oxidation sites excluding steroid dienone is 2. The number of amides is 1. The lowest BCUT2D eigenvalue weighted by atomic mass is 10.1. The molecule has 2 aromatic rings. The van der Waals surface area contributed by atoms with E-state index < -0.39 is 0 Å². The van der Waals surface area contributed by atoms with Crippen LogP contribution in [0.4, 0.5) is 5.69 Å².